The second-order valence-corrected chi connectivity index (χ2v) is 5.03. The van der Waals surface area contributed by atoms with Gasteiger partial charge < -0.3 is 10.5 Å². The lowest BCUT2D eigenvalue weighted by molar-refractivity contribution is 0.306. The molecule has 0 aromatic heterocycles. The lowest BCUT2D eigenvalue weighted by Crippen LogP contribution is -2.02. The number of halogens is 2. The Balaban J connectivity index is 1.96. The summed E-state index contributed by atoms with van der Waals surface area (Å²) < 4.78 is 5.69. The molecule has 0 aliphatic heterocycles. The van der Waals surface area contributed by atoms with E-state index in [9.17, 15) is 0 Å². The van der Waals surface area contributed by atoms with Gasteiger partial charge in [-0.25, -0.2) is 0 Å². The average Bonchev–Trinajstić information content (AvgIpc) is 2.42. The molecule has 0 saturated carbocycles. The predicted molar refractivity (Wildman–Crippen MR) is 80.0 cm³/mol. The molecule has 0 heterocycles. The van der Waals surface area contributed by atoms with Gasteiger partial charge in [-0.05, 0) is 48.4 Å². The van der Waals surface area contributed by atoms with E-state index in [4.69, 9.17) is 33.7 Å². The lowest BCUT2D eigenvalue weighted by atomic mass is 10.1. The fourth-order valence-corrected chi connectivity index (χ4v) is 2.04. The van der Waals surface area contributed by atoms with Gasteiger partial charge in [0.1, 0.15) is 12.4 Å². The van der Waals surface area contributed by atoms with Gasteiger partial charge in [0.05, 0.1) is 10.0 Å². The van der Waals surface area contributed by atoms with E-state index in [0.29, 0.717) is 23.2 Å². The highest BCUT2D eigenvalue weighted by atomic mass is 35.5. The number of nitrogens with two attached hydrogens (primary N) is 1. The van der Waals surface area contributed by atoms with Crippen molar-refractivity contribution in [1.82, 2.24) is 0 Å². The van der Waals surface area contributed by atoms with Gasteiger partial charge in [-0.15, -0.1) is 0 Å². The molecule has 0 spiro atoms. The van der Waals surface area contributed by atoms with E-state index in [-0.39, 0.29) is 0 Å². The van der Waals surface area contributed by atoms with E-state index < -0.39 is 0 Å². The van der Waals surface area contributed by atoms with E-state index in [1.165, 1.54) is 5.56 Å². The van der Waals surface area contributed by atoms with Crippen LogP contribution in [0.25, 0.3) is 0 Å². The van der Waals surface area contributed by atoms with Crippen molar-refractivity contribution >= 4 is 23.2 Å². The molecule has 0 aliphatic rings. The molecule has 2 nitrogen and oxygen atoms in total. The quantitative estimate of drug-likeness (QED) is 0.902. The summed E-state index contributed by atoms with van der Waals surface area (Å²) >= 11 is 11.8. The summed E-state index contributed by atoms with van der Waals surface area (Å²) in [5, 5.41) is 1.10. The molecule has 100 valence electrons. The first-order valence-electron chi connectivity index (χ1n) is 6.05. The highest BCUT2D eigenvalue weighted by Gasteiger charge is 2.01. The Labute approximate surface area is 123 Å². The molecule has 0 unspecified atom stereocenters. The maximum atomic E-state index is 5.95. The summed E-state index contributed by atoms with van der Waals surface area (Å²) in [7, 11) is 0. The van der Waals surface area contributed by atoms with Gasteiger partial charge in [-0.2, -0.15) is 0 Å². The minimum absolute atomic E-state index is 0.465. The molecule has 19 heavy (non-hydrogen) atoms. The van der Waals surface area contributed by atoms with Crippen molar-refractivity contribution in [3.63, 3.8) is 0 Å². The average molecular weight is 296 g/mol. The zero-order chi connectivity index (χ0) is 13.7. The summed E-state index contributed by atoms with van der Waals surface area (Å²) in [5.74, 6) is 0.826. The van der Waals surface area contributed by atoms with Crippen LogP contribution in [-0.2, 0) is 13.0 Å². The maximum absolute atomic E-state index is 5.95. The Kier molecular flexibility index (Phi) is 5.08. The normalized spacial score (nSPS) is 10.5. The van der Waals surface area contributed by atoms with Gasteiger partial charge in [0.2, 0.25) is 0 Å². The van der Waals surface area contributed by atoms with Crippen molar-refractivity contribution in [2.45, 2.75) is 13.0 Å². The van der Waals surface area contributed by atoms with Crippen LogP contribution in [0.4, 0.5) is 0 Å². The molecule has 0 radical (unpaired) electrons. The largest absolute Gasteiger partial charge is 0.489 e. The van der Waals surface area contributed by atoms with Crippen molar-refractivity contribution in [3.05, 3.63) is 63.6 Å². The minimum Gasteiger partial charge on any atom is -0.489 e. The molecule has 0 aliphatic carbocycles. The third-order valence-electron chi connectivity index (χ3n) is 2.75. The molecule has 2 rings (SSSR count). The number of hydrogen-bond acceptors (Lipinski definition) is 2. The molecule has 0 amide bonds. The van der Waals surface area contributed by atoms with E-state index in [1.807, 2.05) is 36.4 Å². The second kappa shape index (κ2) is 6.80. The van der Waals surface area contributed by atoms with Crippen molar-refractivity contribution < 1.29 is 4.74 Å². The highest BCUT2D eigenvalue weighted by Crippen LogP contribution is 2.23. The molecular formula is C15H15Cl2NO. The number of ether oxygens (including phenoxy) is 1. The van der Waals surface area contributed by atoms with Crippen molar-refractivity contribution in [1.29, 1.82) is 0 Å². The number of hydrogen-bond donors (Lipinski definition) is 1. The fourth-order valence-electron chi connectivity index (χ4n) is 1.72. The topological polar surface area (TPSA) is 35.2 Å². The zero-order valence-corrected chi connectivity index (χ0v) is 11.9. The summed E-state index contributed by atoms with van der Waals surface area (Å²) in [6, 6.07) is 13.4. The molecule has 0 fully saturated rings. The summed E-state index contributed by atoms with van der Waals surface area (Å²) in [6.07, 6.45) is 0.882. The Morgan fingerprint density at radius 2 is 1.58 bits per heavy atom. The fraction of sp³-hybridized carbons (Fsp3) is 0.200. The zero-order valence-electron chi connectivity index (χ0n) is 10.4. The van der Waals surface area contributed by atoms with Crippen LogP contribution in [0.1, 0.15) is 11.1 Å². The van der Waals surface area contributed by atoms with Gasteiger partial charge in [0, 0.05) is 0 Å². The molecule has 2 N–H and O–H groups in total. The van der Waals surface area contributed by atoms with Crippen LogP contribution < -0.4 is 10.5 Å². The van der Waals surface area contributed by atoms with E-state index in [1.54, 1.807) is 6.07 Å². The SMILES string of the molecule is NCCc1ccc(OCc2ccc(Cl)c(Cl)c2)cc1. The molecule has 0 bridgehead atoms. The monoisotopic (exact) mass is 295 g/mol. The Hall–Kier alpha value is -1.22. The Morgan fingerprint density at radius 1 is 0.895 bits per heavy atom. The predicted octanol–water partition coefficient (Wildman–Crippen LogP) is 4.07. The maximum Gasteiger partial charge on any atom is 0.119 e. The van der Waals surface area contributed by atoms with Gasteiger partial charge in [0.15, 0.2) is 0 Å². The minimum atomic E-state index is 0.465. The molecule has 0 atom stereocenters. The smallest absolute Gasteiger partial charge is 0.119 e. The van der Waals surface area contributed by atoms with Gasteiger partial charge in [-0.3, -0.25) is 0 Å². The van der Waals surface area contributed by atoms with E-state index >= 15 is 0 Å². The van der Waals surface area contributed by atoms with Crippen LogP contribution in [0.15, 0.2) is 42.5 Å². The van der Waals surface area contributed by atoms with Gasteiger partial charge in [-0.1, -0.05) is 41.4 Å². The second-order valence-electron chi connectivity index (χ2n) is 4.22. The van der Waals surface area contributed by atoms with Crippen molar-refractivity contribution in [2.24, 2.45) is 5.73 Å². The Bertz CT molecular complexity index is 540. The van der Waals surface area contributed by atoms with E-state index in [0.717, 1.165) is 17.7 Å². The molecule has 0 saturated heterocycles. The Morgan fingerprint density at radius 3 is 2.21 bits per heavy atom. The van der Waals surface area contributed by atoms with Crippen LogP contribution in [0.5, 0.6) is 5.75 Å². The van der Waals surface area contributed by atoms with Crippen LogP contribution in [0, 0.1) is 0 Å². The first-order chi connectivity index (χ1) is 9.19. The van der Waals surface area contributed by atoms with Gasteiger partial charge >= 0.3 is 0 Å². The number of rotatable bonds is 5. The number of benzene rings is 2. The van der Waals surface area contributed by atoms with Crippen LogP contribution in [0.3, 0.4) is 0 Å². The molecule has 2 aromatic rings. The lowest BCUT2D eigenvalue weighted by Gasteiger charge is -2.08. The van der Waals surface area contributed by atoms with Crippen LogP contribution in [0.2, 0.25) is 10.0 Å². The third kappa shape index (κ3) is 4.13. The van der Waals surface area contributed by atoms with Gasteiger partial charge in [0.25, 0.3) is 0 Å². The molecule has 2 aromatic carbocycles. The van der Waals surface area contributed by atoms with E-state index in [2.05, 4.69) is 0 Å². The van der Waals surface area contributed by atoms with Crippen LogP contribution in [-0.4, -0.2) is 6.54 Å². The van der Waals surface area contributed by atoms with Crippen molar-refractivity contribution in [2.75, 3.05) is 6.54 Å². The van der Waals surface area contributed by atoms with Crippen molar-refractivity contribution in [3.8, 4) is 5.75 Å². The third-order valence-corrected chi connectivity index (χ3v) is 3.48. The standard InChI is InChI=1S/C15H15Cl2NO/c16-14-6-3-12(9-15(14)17)10-19-13-4-1-11(2-5-13)7-8-18/h1-6,9H,7-8,10,18H2. The molecule has 4 heteroatoms. The highest BCUT2D eigenvalue weighted by molar-refractivity contribution is 6.42. The first-order valence-corrected chi connectivity index (χ1v) is 6.80. The summed E-state index contributed by atoms with van der Waals surface area (Å²) in [5.41, 5.74) is 7.70. The first kappa shape index (κ1) is 14.2. The van der Waals surface area contributed by atoms with Crippen LogP contribution >= 0.6 is 23.2 Å². The summed E-state index contributed by atoms with van der Waals surface area (Å²) in [6.45, 7) is 1.12. The summed E-state index contributed by atoms with van der Waals surface area (Å²) in [4.78, 5) is 0. The molecular weight excluding hydrogens is 281 g/mol.